The Morgan fingerprint density at radius 3 is 2.53 bits per heavy atom. The first-order valence-corrected chi connectivity index (χ1v) is 11.1. The van der Waals surface area contributed by atoms with E-state index in [9.17, 15) is 15.0 Å². The van der Waals surface area contributed by atoms with E-state index in [4.69, 9.17) is 11.6 Å². The first-order chi connectivity index (χ1) is 14.5. The number of carboxylic acid groups (broad SMARTS) is 1. The summed E-state index contributed by atoms with van der Waals surface area (Å²) >= 11 is 5.93. The zero-order valence-corrected chi connectivity index (χ0v) is 17.8. The molecule has 1 aliphatic heterocycles. The van der Waals surface area contributed by atoms with Gasteiger partial charge in [0.25, 0.3) is 0 Å². The summed E-state index contributed by atoms with van der Waals surface area (Å²) in [7, 11) is 0. The number of nitrogens with zero attached hydrogens (tertiary/aromatic N) is 1. The van der Waals surface area contributed by atoms with Gasteiger partial charge in [-0.3, -0.25) is 4.79 Å². The molecule has 2 atom stereocenters. The van der Waals surface area contributed by atoms with E-state index in [1.165, 1.54) is 16.8 Å². The number of aliphatic carboxylic acids is 1. The van der Waals surface area contributed by atoms with E-state index in [1.807, 2.05) is 12.1 Å². The molecule has 0 radical (unpaired) electrons. The predicted molar refractivity (Wildman–Crippen MR) is 119 cm³/mol. The zero-order chi connectivity index (χ0) is 21.1. The summed E-state index contributed by atoms with van der Waals surface area (Å²) < 4.78 is 0. The second-order valence-corrected chi connectivity index (χ2v) is 8.90. The average molecular weight is 429 g/mol. The van der Waals surface area contributed by atoms with Crippen LogP contribution in [-0.2, 0) is 17.6 Å². The number of rotatable bonds is 6. The smallest absolute Gasteiger partial charge is 0.306 e. The van der Waals surface area contributed by atoms with Crippen LogP contribution < -0.4 is 10.2 Å². The number of aryl methyl sites for hydroxylation is 1. The zero-order valence-electron chi connectivity index (χ0n) is 17.1. The summed E-state index contributed by atoms with van der Waals surface area (Å²) in [5.41, 5.74) is 4.82. The molecule has 0 spiro atoms. The van der Waals surface area contributed by atoms with Crippen molar-refractivity contribution in [3.8, 4) is 0 Å². The average Bonchev–Trinajstić information content (AvgIpc) is 2.77. The van der Waals surface area contributed by atoms with Gasteiger partial charge in [-0.1, -0.05) is 29.8 Å². The lowest BCUT2D eigenvalue weighted by Gasteiger charge is -2.33. The van der Waals surface area contributed by atoms with Gasteiger partial charge in [-0.2, -0.15) is 0 Å². The molecule has 6 heteroatoms. The molecule has 5 nitrogen and oxygen atoms in total. The summed E-state index contributed by atoms with van der Waals surface area (Å²) in [5, 5.41) is 23.9. The number of aliphatic hydroxyl groups is 1. The Labute approximate surface area is 182 Å². The first kappa shape index (κ1) is 21.2. The molecule has 0 bridgehead atoms. The van der Waals surface area contributed by atoms with Crippen molar-refractivity contribution in [3.05, 3.63) is 64.2 Å². The van der Waals surface area contributed by atoms with Gasteiger partial charge in [0.2, 0.25) is 0 Å². The number of fused-ring (bicyclic) bond motifs is 1. The minimum atomic E-state index is -0.671. The molecule has 1 fully saturated rings. The van der Waals surface area contributed by atoms with Crippen LogP contribution >= 0.6 is 11.6 Å². The van der Waals surface area contributed by atoms with Crippen LogP contribution in [-0.4, -0.2) is 41.9 Å². The van der Waals surface area contributed by atoms with Crippen molar-refractivity contribution in [1.29, 1.82) is 0 Å². The Hall–Kier alpha value is -2.08. The molecule has 2 aromatic rings. The van der Waals surface area contributed by atoms with Crippen molar-refractivity contribution in [1.82, 2.24) is 5.32 Å². The summed E-state index contributed by atoms with van der Waals surface area (Å²) in [6, 6.07) is 14.4. The maximum Gasteiger partial charge on any atom is 0.306 e. The van der Waals surface area contributed by atoms with Crippen LogP contribution in [0.4, 0.5) is 5.69 Å². The van der Waals surface area contributed by atoms with E-state index < -0.39 is 12.1 Å². The highest BCUT2D eigenvalue weighted by molar-refractivity contribution is 6.30. The van der Waals surface area contributed by atoms with Crippen molar-refractivity contribution < 1.29 is 15.0 Å². The quantitative estimate of drug-likeness (QED) is 0.652. The highest BCUT2D eigenvalue weighted by Gasteiger charge is 2.26. The fraction of sp³-hybridized carbons (Fsp3) is 0.458. The topological polar surface area (TPSA) is 72.8 Å². The third-order valence-corrected chi connectivity index (χ3v) is 6.73. The van der Waals surface area contributed by atoms with E-state index in [0.717, 1.165) is 37.9 Å². The molecular weight excluding hydrogens is 400 g/mol. The van der Waals surface area contributed by atoms with Crippen molar-refractivity contribution in [3.63, 3.8) is 0 Å². The molecule has 1 saturated heterocycles. The molecule has 3 N–H and O–H groups in total. The lowest BCUT2D eigenvalue weighted by atomic mass is 9.87. The highest BCUT2D eigenvalue weighted by Crippen LogP contribution is 2.29. The lowest BCUT2D eigenvalue weighted by molar-refractivity contribution is -0.142. The Bertz CT molecular complexity index is 879. The van der Waals surface area contributed by atoms with Crippen molar-refractivity contribution in [2.75, 3.05) is 24.5 Å². The van der Waals surface area contributed by atoms with Gasteiger partial charge in [0, 0.05) is 36.4 Å². The molecule has 1 heterocycles. The third-order valence-electron chi connectivity index (χ3n) is 6.48. The Morgan fingerprint density at radius 2 is 1.83 bits per heavy atom. The number of piperidine rings is 1. The molecule has 0 amide bonds. The van der Waals surface area contributed by atoms with Gasteiger partial charge in [-0.25, -0.2) is 0 Å². The fourth-order valence-corrected chi connectivity index (χ4v) is 4.71. The number of halogens is 1. The molecule has 30 heavy (non-hydrogen) atoms. The monoisotopic (exact) mass is 428 g/mol. The molecule has 0 unspecified atom stereocenters. The Balaban J connectivity index is 1.34. The highest BCUT2D eigenvalue weighted by atomic mass is 35.5. The number of hydrogen-bond acceptors (Lipinski definition) is 4. The summed E-state index contributed by atoms with van der Waals surface area (Å²) in [4.78, 5) is 13.5. The van der Waals surface area contributed by atoms with Crippen LogP contribution in [0.2, 0.25) is 5.02 Å². The van der Waals surface area contributed by atoms with Crippen LogP contribution in [0.1, 0.15) is 42.1 Å². The molecule has 4 rings (SSSR count). The molecule has 0 saturated carbocycles. The maximum atomic E-state index is 11.2. The normalized spacial score (nSPS) is 20.6. The molecule has 0 aromatic heterocycles. The molecule has 1 aliphatic carbocycles. The molecular formula is C24H29ClN2O3. The molecule has 2 aromatic carbocycles. The number of nitrogens with one attached hydrogen (secondary N) is 1. The van der Waals surface area contributed by atoms with Gasteiger partial charge < -0.3 is 20.4 Å². The van der Waals surface area contributed by atoms with Crippen LogP contribution in [0.5, 0.6) is 0 Å². The molecule has 160 valence electrons. The van der Waals surface area contributed by atoms with Gasteiger partial charge in [0.05, 0.1) is 12.0 Å². The third kappa shape index (κ3) is 4.97. The number of aliphatic hydroxyl groups excluding tert-OH is 1. The van der Waals surface area contributed by atoms with Gasteiger partial charge in [-0.15, -0.1) is 0 Å². The van der Waals surface area contributed by atoms with Crippen LogP contribution in [0.25, 0.3) is 0 Å². The minimum absolute atomic E-state index is 0.209. The number of carboxylic acids is 1. The standard InChI is InChI=1S/C24H29ClN2O3/c25-20-5-1-17(2-6-20)23(28)15-26-21-7-3-16-4-8-22(14-19(16)13-21)27-11-9-18(10-12-27)24(29)30/h1-2,4-6,8,14,18,21,23,26,28H,3,7,9-13,15H2,(H,29,30)/t21-,23-/m0/s1. The maximum absolute atomic E-state index is 11.2. The largest absolute Gasteiger partial charge is 0.481 e. The van der Waals surface area contributed by atoms with Crippen molar-refractivity contribution >= 4 is 23.3 Å². The second kappa shape index (κ2) is 9.38. The number of hydrogen-bond donors (Lipinski definition) is 3. The summed E-state index contributed by atoms with van der Waals surface area (Å²) in [5.74, 6) is -0.880. The summed E-state index contributed by atoms with van der Waals surface area (Å²) in [6.45, 7) is 2.11. The number of benzene rings is 2. The van der Waals surface area contributed by atoms with E-state index in [1.54, 1.807) is 12.1 Å². The van der Waals surface area contributed by atoms with Crippen LogP contribution in [0.3, 0.4) is 0 Å². The minimum Gasteiger partial charge on any atom is -0.481 e. The van der Waals surface area contributed by atoms with Gasteiger partial charge in [0.1, 0.15) is 0 Å². The van der Waals surface area contributed by atoms with E-state index in [0.29, 0.717) is 30.5 Å². The SMILES string of the molecule is O=C(O)C1CCN(c2ccc3c(c2)C[C@@H](NC[C@H](O)c2ccc(Cl)cc2)CC3)CC1. The van der Waals surface area contributed by atoms with Crippen LogP contribution in [0, 0.1) is 5.92 Å². The molecule has 2 aliphatic rings. The Morgan fingerprint density at radius 1 is 1.10 bits per heavy atom. The van der Waals surface area contributed by atoms with E-state index in [2.05, 4.69) is 28.4 Å². The van der Waals surface area contributed by atoms with E-state index in [-0.39, 0.29) is 5.92 Å². The summed E-state index contributed by atoms with van der Waals surface area (Å²) in [6.07, 6.45) is 3.90. The van der Waals surface area contributed by atoms with Gasteiger partial charge >= 0.3 is 5.97 Å². The number of anilines is 1. The number of carbonyl (C=O) groups is 1. The Kier molecular flexibility index (Phi) is 6.61. The second-order valence-electron chi connectivity index (χ2n) is 8.47. The van der Waals surface area contributed by atoms with E-state index >= 15 is 0 Å². The van der Waals surface area contributed by atoms with Crippen molar-refractivity contribution in [2.45, 2.75) is 44.2 Å². The van der Waals surface area contributed by atoms with Crippen molar-refractivity contribution in [2.24, 2.45) is 5.92 Å². The lowest BCUT2D eigenvalue weighted by Crippen LogP contribution is -2.38. The van der Waals surface area contributed by atoms with Crippen LogP contribution in [0.15, 0.2) is 42.5 Å². The fourth-order valence-electron chi connectivity index (χ4n) is 4.58. The first-order valence-electron chi connectivity index (χ1n) is 10.8. The van der Waals surface area contributed by atoms with Gasteiger partial charge in [0.15, 0.2) is 0 Å². The van der Waals surface area contributed by atoms with Gasteiger partial charge in [-0.05, 0) is 73.1 Å². The predicted octanol–water partition coefficient (Wildman–Crippen LogP) is 3.82.